The zero-order valence-corrected chi connectivity index (χ0v) is 10.9. The Labute approximate surface area is 109 Å². The van der Waals surface area contributed by atoms with Crippen molar-refractivity contribution in [3.8, 4) is 10.8 Å². The highest BCUT2D eigenvalue weighted by molar-refractivity contribution is 7.13. The van der Waals surface area contributed by atoms with Crippen molar-refractivity contribution in [1.82, 2.24) is 10.3 Å². The SMILES string of the molecule is Cc1ccc(-c2nc(CC(=O)NCCN)cs2)o1. The number of nitrogens with two attached hydrogens (primary N) is 1. The number of hydrogen-bond acceptors (Lipinski definition) is 5. The largest absolute Gasteiger partial charge is 0.459 e. The van der Waals surface area contributed by atoms with E-state index < -0.39 is 0 Å². The fourth-order valence-electron chi connectivity index (χ4n) is 1.49. The lowest BCUT2D eigenvalue weighted by molar-refractivity contribution is -0.120. The Morgan fingerprint density at radius 1 is 1.56 bits per heavy atom. The van der Waals surface area contributed by atoms with E-state index in [-0.39, 0.29) is 12.3 Å². The van der Waals surface area contributed by atoms with Crippen LogP contribution in [0.1, 0.15) is 11.5 Å². The summed E-state index contributed by atoms with van der Waals surface area (Å²) in [5.74, 6) is 1.53. The van der Waals surface area contributed by atoms with Crippen molar-refractivity contribution >= 4 is 17.2 Å². The summed E-state index contributed by atoms with van der Waals surface area (Å²) in [5, 5.41) is 5.38. The summed E-state index contributed by atoms with van der Waals surface area (Å²) in [6.45, 7) is 2.82. The van der Waals surface area contributed by atoms with Crippen LogP contribution >= 0.6 is 11.3 Å². The number of aryl methyl sites for hydroxylation is 1. The van der Waals surface area contributed by atoms with E-state index in [1.165, 1.54) is 11.3 Å². The Bertz CT molecular complexity index is 533. The van der Waals surface area contributed by atoms with Gasteiger partial charge in [0.15, 0.2) is 10.8 Å². The van der Waals surface area contributed by atoms with Crippen LogP contribution in [0.25, 0.3) is 10.8 Å². The molecule has 2 rings (SSSR count). The number of aromatic nitrogens is 1. The summed E-state index contributed by atoms with van der Waals surface area (Å²) >= 11 is 1.47. The minimum Gasteiger partial charge on any atom is -0.459 e. The van der Waals surface area contributed by atoms with Crippen LogP contribution in [0.5, 0.6) is 0 Å². The Morgan fingerprint density at radius 3 is 3.06 bits per heavy atom. The molecular formula is C12H15N3O2S. The van der Waals surface area contributed by atoms with Crippen LogP contribution in [0, 0.1) is 6.92 Å². The average molecular weight is 265 g/mol. The number of nitrogens with one attached hydrogen (secondary N) is 1. The first-order valence-corrected chi connectivity index (χ1v) is 6.55. The molecule has 0 bridgehead atoms. The van der Waals surface area contributed by atoms with Crippen LogP contribution in [-0.4, -0.2) is 24.0 Å². The van der Waals surface area contributed by atoms with Gasteiger partial charge in [-0.15, -0.1) is 11.3 Å². The van der Waals surface area contributed by atoms with E-state index in [1.807, 2.05) is 24.4 Å². The Morgan fingerprint density at radius 2 is 2.39 bits per heavy atom. The standard InChI is InChI=1S/C12H15N3O2S/c1-8-2-3-10(17-8)12-15-9(7-18-12)6-11(16)14-5-4-13/h2-3,7H,4-6,13H2,1H3,(H,14,16). The molecule has 0 unspecified atom stereocenters. The lowest BCUT2D eigenvalue weighted by Crippen LogP contribution is -2.30. The second-order valence-corrected chi connectivity index (χ2v) is 4.73. The number of rotatable bonds is 5. The van der Waals surface area contributed by atoms with E-state index in [0.29, 0.717) is 13.1 Å². The molecule has 6 heteroatoms. The van der Waals surface area contributed by atoms with Gasteiger partial charge in [-0.05, 0) is 19.1 Å². The van der Waals surface area contributed by atoms with Gasteiger partial charge in [0.1, 0.15) is 5.76 Å². The van der Waals surface area contributed by atoms with Crippen molar-refractivity contribution in [2.45, 2.75) is 13.3 Å². The molecule has 96 valence electrons. The quantitative estimate of drug-likeness (QED) is 0.854. The van der Waals surface area contributed by atoms with Crippen molar-refractivity contribution in [1.29, 1.82) is 0 Å². The molecule has 5 nitrogen and oxygen atoms in total. The fourth-order valence-corrected chi connectivity index (χ4v) is 2.27. The van der Waals surface area contributed by atoms with Crippen molar-refractivity contribution in [2.75, 3.05) is 13.1 Å². The molecule has 18 heavy (non-hydrogen) atoms. The number of nitrogens with zero attached hydrogens (tertiary/aromatic N) is 1. The third-order valence-electron chi connectivity index (χ3n) is 2.31. The molecule has 0 aliphatic carbocycles. The van der Waals surface area contributed by atoms with Gasteiger partial charge < -0.3 is 15.5 Å². The van der Waals surface area contributed by atoms with Gasteiger partial charge in [-0.2, -0.15) is 0 Å². The maximum atomic E-state index is 11.5. The number of carbonyl (C=O) groups is 1. The predicted octanol–water partition coefficient (Wildman–Crippen LogP) is 1.33. The highest BCUT2D eigenvalue weighted by Gasteiger charge is 2.10. The van der Waals surface area contributed by atoms with Gasteiger partial charge in [0.25, 0.3) is 0 Å². The van der Waals surface area contributed by atoms with E-state index >= 15 is 0 Å². The molecular weight excluding hydrogens is 250 g/mol. The molecule has 0 saturated carbocycles. The summed E-state index contributed by atoms with van der Waals surface area (Å²) in [4.78, 5) is 15.9. The number of amides is 1. The zero-order chi connectivity index (χ0) is 13.0. The highest BCUT2D eigenvalue weighted by atomic mass is 32.1. The summed E-state index contributed by atoms with van der Waals surface area (Å²) < 4.78 is 5.48. The van der Waals surface area contributed by atoms with Gasteiger partial charge in [0, 0.05) is 18.5 Å². The molecule has 2 heterocycles. The van der Waals surface area contributed by atoms with Crippen molar-refractivity contribution in [3.63, 3.8) is 0 Å². The Kier molecular flexibility index (Phi) is 4.11. The van der Waals surface area contributed by atoms with Crippen LogP contribution in [0.15, 0.2) is 21.9 Å². The first kappa shape index (κ1) is 12.8. The third kappa shape index (κ3) is 3.18. The monoisotopic (exact) mass is 265 g/mol. The van der Waals surface area contributed by atoms with E-state index in [1.54, 1.807) is 0 Å². The lowest BCUT2D eigenvalue weighted by Gasteiger charge is -2.00. The highest BCUT2D eigenvalue weighted by Crippen LogP contribution is 2.25. The normalized spacial score (nSPS) is 10.6. The van der Waals surface area contributed by atoms with Crippen LogP contribution in [-0.2, 0) is 11.2 Å². The molecule has 0 aliphatic rings. The van der Waals surface area contributed by atoms with Gasteiger partial charge in [0.2, 0.25) is 5.91 Å². The topological polar surface area (TPSA) is 81.2 Å². The lowest BCUT2D eigenvalue weighted by atomic mass is 10.3. The van der Waals surface area contributed by atoms with Crippen LogP contribution < -0.4 is 11.1 Å². The van der Waals surface area contributed by atoms with Gasteiger partial charge in [-0.3, -0.25) is 4.79 Å². The van der Waals surface area contributed by atoms with E-state index in [9.17, 15) is 4.79 Å². The third-order valence-corrected chi connectivity index (χ3v) is 3.22. The van der Waals surface area contributed by atoms with Crippen molar-refractivity contribution < 1.29 is 9.21 Å². The first-order valence-electron chi connectivity index (χ1n) is 5.67. The average Bonchev–Trinajstić information content (AvgIpc) is 2.95. The molecule has 2 aromatic rings. The van der Waals surface area contributed by atoms with Gasteiger partial charge >= 0.3 is 0 Å². The smallest absolute Gasteiger partial charge is 0.226 e. The number of hydrogen-bond donors (Lipinski definition) is 2. The zero-order valence-electron chi connectivity index (χ0n) is 10.1. The molecule has 0 fully saturated rings. The second-order valence-electron chi connectivity index (χ2n) is 3.87. The molecule has 0 aliphatic heterocycles. The van der Waals surface area contributed by atoms with Crippen molar-refractivity contribution in [3.05, 3.63) is 29.0 Å². The molecule has 0 aromatic carbocycles. The van der Waals surface area contributed by atoms with Crippen LogP contribution in [0.2, 0.25) is 0 Å². The minimum absolute atomic E-state index is 0.0621. The molecule has 0 saturated heterocycles. The van der Waals surface area contributed by atoms with Gasteiger partial charge in [0.05, 0.1) is 12.1 Å². The van der Waals surface area contributed by atoms with Gasteiger partial charge in [-0.1, -0.05) is 0 Å². The van der Waals surface area contributed by atoms with Crippen LogP contribution in [0.4, 0.5) is 0 Å². The molecule has 2 aromatic heterocycles. The molecule has 0 atom stereocenters. The summed E-state index contributed by atoms with van der Waals surface area (Å²) in [7, 11) is 0. The number of furan rings is 1. The minimum atomic E-state index is -0.0621. The predicted molar refractivity (Wildman–Crippen MR) is 70.3 cm³/mol. The maximum absolute atomic E-state index is 11.5. The summed E-state index contributed by atoms with van der Waals surface area (Å²) in [6, 6.07) is 3.77. The van der Waals surface area contributed by atoms with E-state index in [4.69, 9.17) is 10.2 Å². The Balaban J connectivity index is 2.00. The Hall–Kier alpha value is -1.66. The summed E-state index contributed by atoms with van der Waals surface area (Å²) in [5.41, 5.74) is 6.06. The van der Waals surface area contributed by atoms with Gasteiger partial charge in [-0.25, -0.2) is 4.98 Å². The van der Waals surface area contributed by atoms with Crippen molar-refractivity contribution in [2.24, 2.45) is 5.73 Å². The molecule has 1 amide bonds. The molecule has 3 N–H and O–H groups in total. The molecule has 0 radical (unpaired) electrons. The van der Waals surface area contributed by atoms with E-state index in [0.717, 1.165) is 22.2 Å². The second kappa shape index (κ2) is 5.79. The summed E-state index contributed by atoms with van der Waals surface area (Å²) in [6.07, 6.45) is 0.274. The van der Waals surface area contributed by atoms with E-state index in [2.05, 4.69) is 10.3 Å². The van der Waals surface area contributed by atoms with Crippen LogP contribution in [0.3, 0.4) is 0 Å². The number of carbonyl (C=O) groups excluding carboxylic acids is 1. The first-order chi connectivity index (χ1) is 8.69. The number of thiazole rings is 1. The maximum Gasteiger partial charge on any atom is 0.226 e. The fraction of sp³-hybridized carbons (Fsp3) is 0.333. The molecule has 0 spiro atoms.